The van der Waals surface area contributed by atoms with Gasteiger partial charge in [-0.15, -0.1) is 11.3 Å². The largest absolute Gasteiger partial charge is 0.497 e. The van der Waals surface area contributed by atoms with E-state index in [0.717, 1.165) is 5.56 Å². The normalized spacial score (nSPS) is 10.7. The van der Waals surface area contributed by atoms with Gasteiger partial charge in [-0.05, 0) is 54.6 Å². The number of amides is 1. The van der Waals surface area contributed by atoms with Crippen LogP contribution in [0, 0.1) is 5.82 Å². The van der Waals surface area contributed by atoms with E-state index in [1.54, 1.807) is 44.7 Å². The lowest BCUT2D eigenvalue weighted by Crippen LogP contribution is -2.30. The zero-order valence-electron chi connectivity index (χ0n) is 16.9. The van der Waals surface area contributed by atoms with Gasteiger partial charge in [0.1, 0.15) is 23.1 Å². The summed E-state index contributed by atoms with van der Waals surface area (Å²) in [6.07, 6.45) is 1.55. The maximum Gasteiger partial charge on any atom is 0.260 e. The van der Waals surface area contributed by atoms with Gasteiger partial charge in [0.05, 0.1) is 32.7 Å². The maximum atomic E-state index is 13.3. The lowest BCUT2D eigenvalue weighted by atomic mass is 10.1. The average Bonchev–Trinajstić information content (AvgIpc) is 3.49. The lowest BCUT2D eigenvalue weighted by Gasteiger charge is -2.19. The second kappa shape index (κ2) is 9.01. The van der Waals surface area contributed by atoms with Crippen LogP contribution in [0.5, 0.6) is 11.5 Å². The molecule has 0 aliphatic carbocycles. The molecule has 0 fully saturated rings. The second-order valence-electron chi connectivity index (χ2n) is 6.56. The first-order valence-electron chi connectivity index (χ1n) is 9.37. The van der Waals surface area contributed by atoms with Gasteiger partial charge in [-0.3, -0.25) is 9.69 Å². The van der Waals surface area contributed by atoms with Gasteiger partial charge >= 0.3 is 0 Å². The topological polar surface area (TPSA) is 64.8 Å². The number of ether oxygens (including phenoxy) is 2. The number of methoxy groups -OCH3 is 2. The molecule has 2 heterocycles. The molecule has 0 unspecified atom stereocenters. The Kier molecular flexibility index (Phi) is 5.99. The molecule has 0 atom stereocenters. The van der Waals surface area contributed by atoms with Crippen LogP contribution in [-0.4, -0.2) is 25.1 Å². The van der Waals surface area contributed by atoms with Crippen LogP contribution in [0.3, 0.4) is 0 Å². The molecular weight excluding hydrogens is 419 g/mol. The molecule has 0 spiro atoms. The average molecular weight is 438 g/mol. The van der Waals surface area contributed by atoms with E-state index in [2.05, 4.69) is 4.98 Å². The van der Waals surface area contributed by atoms with Crippen LogP contribution in [-0.2, 0) is 6.54 Å². The highest BCUT2D eigenvalue weighted by atomic mass is 32.1. The Morgan fingerprint density at radius 1 is 1.13 bits per heavy atom. The number of furan rings is 1. The summed E-state index contributed by atoms with van der Waals surface area (Å²) in [5.74, 6) is 1.19. The minimum atomic E-state index is -0.407. The number of nitrogens with zero attached hydrogens (tertiary/aromatic N) is 2. The number of aromatic nitrogens is 1. The first-order chi connectivity index (χ1) is 15.1. The van der Waals surface area contributed by atoms with E-state index < -0.39 is 5.82 Å². The SMILES string of the molecule is COc1ccc(OC)c(-c2csc(N(Cc3ccco3)C(=O)c3ccc(F)cc3)n2)c1. The summed E-state index contributed by atoms with van der Waals surface area (Å²) in [5.41, 5.74) is 1.74. The van der Waals surface area contributed by atoms with Gasteiger partial charge in [0.15, 0.2) is 5.13 Å². The summed E-state index contributed by atoms with van der Waals surface area (Å²) in [7, 11) is 3.17. The molecule has 4 aromatic rings. The van der Waals surface area contributed by atoms with Crippen LogP contribution in [0.1, 0.15) is 16.1 Å². The molecule has 6 nitrogen and oxygen atoms in total. The van der Waals surface area contributed by atoms with E-state index in [1.165, 1.54) is 40.5 Å². The van der Waals surface area contributed by atoms with Gasteiger partial charge in [0.25, 0.3) is 5.91 Å². The van der Waals surface area contributed by atoms with Crippen LogP contribution >= 0.6 is 11.3 Å². The highest BCUT2D eigenvalue weighted by Gasteiger charge is 2.23. The predicted molar refractivity (Wildman–Crippen MR) is 116 cm³/mol. The molecule has 0 bridgehead atoms. The van der Waals surface area contributed by atoms with Crippen LogP contribution in [0.4, 0.5) is 9.52 Å². The molecule has 2 aromatic carbocycles. The number of thiazole rings is 1. The quantitative estimate of drug-likeness (QED) is 0.386. The molecule has 2 aromatic heterocycles. The molecule has 158 valence electrons. The Hall–Kier alpha value is -3.65. The van der Waals surface area contributed by atoms with Crippen molar-refractivity contribution >= 4 is 22.4 Å². The molecule has 31 heavy (non-hydrogen) atoms. The number of hydrogen-bond acceptors (Lipinski definition) is 6. The zero-order valence-corrected chi connectivity index (χ0v) is 17.7. The summed E-state index contributed by atoms with van der Waals surface area (Å²) in [6, 6.07) is 14.4. The summed E-state index contributed by atoms with van der Waals surface area (Å²) in [4.78, 5) is 19.4. The fourth-order valence-corrected chi connectivity index (χ4v) is 3.88. The molecule has 0 radical (unpaired) electrons. The summed E-state index contributed by atoms with van der Waals surface area (Å²) >= 11 is 1.32. The second-order valence-corrected chi connectivity index (χ2v) is 7.40. The van der Waals surface area contributed by atoms with Gasteiger partial charge in [-0.1, -0.05) is 0 Å². The van der Waals surface area contributed by atoms with Crippen molar-refractivity contribution in [2.75, 3.05) is 19.1 Å². The zero-order chi connectivity index (χ0) is 21.8. The number of rotatable bonds is 7. The minimum absolute atomic E-state index is 0.186. The van der Waals surface area contributed by atoms with E-state index in [-0.39, 0.29) is 12.5 Å². The fraction of sp³-hybridized carbons (Fsp3) is 0.130. The fourth-order valence-electron chi connectivity index (χ4n) is 3.06. The standard InChI is InChI=1S/C23H19FN2O4S/c1-28-17-9-10-21(29-2)19(12-17)20-14-31-23(25-20)26(13-18-4-3-11-30-18)22(27)15-5-7-16(24)8-6-15/h3-12,14H,13H2,1-2H3. The lowest BCUT2D eigenvalue weighted by molar-refractivity contribution is 0.0983. The number of carbonyl (C=O) groups excluding carboxylic acids is 1. The van der Waals surface area contributed by atoms with Crippen molar-refractivity contribution in [1.82, 2.24) is 4.98 Å². The van der Waals surface area contributed by atoms with Crippen molar-refractivity contribution in [2.24, 2.45) is 0 Å². The number of halogens is 1. The monoisotopic (exact) mass is 438 g/mol. The van der Waals surface area contributed by atoms with Crippen LogP contribution in [0.25, 0.3) is 11.3 Å². The predicted octanol–water partition coefficient (Wildman–Crippen LogP) is 5.41. The maximum absolute atomic E-state index is 13.3. The van der Waals surface area contributed by atoms with Crippen molar-refractivity contribution in [3.63, 3.8) is 0 Å². The van der Waals surface area contributed by atoms with Crippen LogP contribution < -0.4 is 14.4 Å². The number of carbonyl (C=O) groups is 1. The molecule has 8 heteroatoms. The number of hydrogen-bond donors (Lipinski definition) is 0. The minimum Gasteiger partial charge on any atom is -0.497 e. The van der Waals surface area contributed by atoms with E-state index in [0.29, 0.717) is 33.6 Å². The van der Waals surface area contributed by atoms with E-state index in [4.69, 9.17) is 13.9 Å². The number of anilines is 1. The highest BCUT2D eigenvalue weighted by molar-refractivity contribution is 7.14. The number of benzene rings is 2. The van der Waals surface area contributed by atoms with E-state index in [1.807, 2.05) is 11.4 Å². The van der Waals surface area contributed by atoms with Gasteiger partial charge in [-0.25, -0.2) is 9.37 Å². The molecular formula is C23H19FN2O4S. The Labute approximate surface area is 182 Å². The van der Waals surface area contributed by atoms with Crippen molar-refractivity contribution < 1.29 is 23.1 Å². The smallest absolute Gasteiger partial charge is 0.260 e. The Morgan fingerprint density at radius 3 is 2.61 bits per heavy atom. The first kappa shape index (κ1) is 20.6. The Morgan fingerprint density at radius 2 is 1.94 bits per heavy atom. The summed E-state index contributed by atoms with van der Waals surface area (Å²) < 4.78 is 29.5. The molecule has 0 saturated heterocycles. The van der Waals surface area contributed by atoms with Gasteiger partial charge in [0.2, 0.25) is 0 Å². The summed E-state index contributed by atoms with van der Waals surface area (Å²) in [5, 5.41) is 2.32. The van der Waals surface area contributed by atoms with Gasteiger partial charge in [-0.2, -0.15) is 0 Å². The summed E-state index contributed by atoms with van der Waals surface area (Å²) in [6.45, 7) is 0.186. The van der Waals surface area contributed by atoms with Crippen LogP contribution in [0.15, 0.2) is 70.7 Å². The third kappa shape index (κ3) is 4.44. The molecule has 1 amide bonds. The van der Waals surface area contributed by atoms with Gasteiger partial charge in [0, 0.05) is 16.5 Å². The van der Waals surface area contributed by atoms with Crippen molar-refractivity contribution in [3.8, 4) is 22.8 Å². The third-order valence-corrected chi connectivity index (χ3v) is 5.50. The molecule has 0 saturated carbocycles. The van der Waals surface area contributed by atoms with Crippen molar-refractivity contribution in [3.05, 3.63) is 83.4 Å². The van der Waals surface area contributed by atoms with Crippen LogP contribution in [0.2, 0.25) is 0 Å². The molecule has 0 aliphatic rings. The van der Waals surface area contributed by atoms with E-state index >= 15 is 0 Å². The van der Waals surface area contributed by atoms with Crippen molar-refractivity contribution in [1.29, 1.82) is 0 Å². The van der Waals surface area contributed by atoms with Gasteiger partial charge < -0.3 is 13.9 Å². The van der Waals surface area contributed by atoms with E-state index in [9.17, 15) is 9.18 Å². The Balaban J connectivity index is 1.72. The first-order valence-corrected chi connectivity index (χ1v) is 10.2. The highest BCUT2D eigenvalue weighted by Crippen LogP contribution is 2.36. The molecule has 0 N–H and O–H groups in total. The molecule has 4 rings (SSSR count). The Bertz CT molecular complexity index is 1170. The molecule has 0 aliphatic heterocycles. The third-order valence-electron chi connectivity index (χ3n) is 4.64. The van der Waals surface area contributed by atoms with Crippen molar-refractivity contribution in [2.45, 2.75) is 6.54 Å².